The molecule has 0 aliphatic heterocycles. The Labute approximate surface area is 467 Å². The van der Waals surface area contributed by atoms with E-state index in [9.17, 15) is 24.0 Å². The molecule has 0 aromatic heterocycles. The lowest BCUT2D eigenvalue weighted by atomic mass is 10.1. The number of carbonyl (C=O) groups is 5. The Morgan fingerprint density at radius 3 is 0.947 bits per heavy atom. The first-order chi connectivity index (χ1) is 36.7. The summed E-state index contributed by atoms with van der Waals surface area (Å²) in [5.41, 5.74) is 5.64. The van der Waals surface area contributed by atoms with Gasteiger partial charge in [-0.15, -0.1) is 0 Å². The van der Waals surface area contributed by atoms with Gasteiger partial charge >= 0.3 is 29.8 Å². The van der Waals surface area contributed by atoms with Gasteiger partial charge in [0, 0.05) is 38.8 Å². The number of nitrogens with two attached hydrogens (primary N) is 1. The minimum absolute atomic E-state index is 0.101. The van der Waals surface area contributed by atoms with Crippen LogP contribution in [0.3, 0.4) is 0 Å². The predicted octanol–water partition coefficient (Wildman–Crippen LogP) is 16.7. The van der Waals surface area contributed by atoms with Gasteiger partial charge in [-0.1, -0.05) is 240 Å². The number of rotatable bonds is 56. The van der Waals surface area contributed by atoms with E-state index in [1.54, 1.807) is 0 Å². The van der Waals surface area contributed by atoms with Crippen molar-refractivity contribution in [2.24, 2.45) is 5.73 Å². The standard InChI is InChI=1S/C64H122N2O10/c1-8-12-16-20-24-28-32-36-40-47-59(67)72-54-56(74-61(69)49-42-38-34-30-26-22-18-14-10-3)52-66(51-45-44-46-58(65)63(71)76-64(5,6)7)53-57(75-62(70)50-43-39-35-31-27-23-19-15-11-4)55-73-60(68)48-41-37-33-29-25-21-17-13-9-2/h56-58H,8-55,65H2,1-7H3. The normalized spacial score (nSPS) is 12.9. The van der Waals surface area contributed by atoms with E-state index in [1.807, 2.05) is 20.8 Å². The van der Waals surface area contributed by atoms with E-state index in [2.05, 4.69) is 32.6 Å². The quantitative estimate of drug-likeness (QED) is 0.0349. The average molecular weight is 1080 g/mol. The highest BCUT2D eigenvalue weighted by molar-refractivity contribution is 5.75. The first-order valence-corrected chi connectivity index (χ1v) is 32.1. The van der Waals surface area contributed by atoms with Gasteiger partial charge in [0.25, 0.3) is 0 Å². The molecule has 0 saturated heterocycles. The van der Waals surface area contributed by atoms with Crippen LogP contribution in [0, 0.1) is 0 Å². The molecule has 12 heteroatoms. The lowest BCUT2D eigenvalue weighted by molar-refractivity contribution is -0.163. The zero-order chi connectivity index (χ0) is 56.2. The molecular weight excluding hydrogens is 957 g/mol. The molecule has 0 aromatic carbocycles. The van der Waals surface area contributed by atoms with Crippen molar-refractivity contribution in [3.05, 3.63) is 0 Å². The second kappa shape index (κ2) is 52.9. The van der Waals surface area contributed by atoms with Crippen molar-refractivity contribution < 1.29 is 47.7 Å². The third-order valence-electron chi connectivity index (χ3n) is 14.3. The third-order valence-corrected chi connectivity index (χ3v) is 14.3. The van der Waals surface area contributed by atoms with E-state index in [4.69, 9.17) is 29.4 Å². The first kappa shape index (κ1) is 73.3. The van der Waals surface area contributed by atoms with E-state index in [0.717, 1.165) is 89.9 Å². The minimum Gasteiger partial charge on any atom is -0.462 e. The lowest BCUT2D eigenvalue weighted by Gasteiger charge is -2.30. The fraction of sp³-hybridized carbons (Fsp3) is 0.922. The summed E-state index contributed by atoms with van der Waals surface area (Å²) in [5.74, 6) is -1.74. The molecular formula is C64H122N2O10. The van der Waals surface area contributed by atoms with Crippen LogP contribution >= 0.6 is 0 Å². The highest BCUT2D eigenvalue weighted by atomic mass is 16.6. The maximum absolute atomic E-state index is 13.5. The van der Waals surface area contributed by atoms with Crippen molar-refractivity contribution in [1.82, 2.24) is 4.90 Å². The SMILES string of the molecule is CCCCCCCCCCCC(=O)OCC(CN(CCCCC(N)C(=O)OC(C)(C)C)CC(COC(=O)CCCCCCCCCCC)OC(=O)CCCCCCCCCCC)OC(=O)CCCCCCCCCCC. The van der Waals surface area contributed by atoms with Crippen LogP contribution in [0.15, 0.2) is 0 Å². The van der Waals surface area contributed by atoms with Crippen LogP contribution in [0.2, 0.25) is 0 Å². The third kappa shape index (κ3) is 50.8. The molecule has 3 unspecified atom stereocenters. The predicted molar refractivity (Wildman–Crippen MR) is 313 cm³/mol. The van der Waals surface area contributed by atoms with Crippen molar-refractivity contribution in [1.29, 1.82) is 0 Å². The van der Waals surface area contributed by atoms with Crippen molar-refractivity contribution in [2.45, 2.75) is 348 Å². The molecule has 2 N–H and O–H groups in total. The van der Waals surface area contributed by atoms with Crippen molar-refractivity contribution in [3.63, 3.8) is 0 Å². The van der Waals surface area contributed by atoms with Gasteiger partial charge in [0.15, 0.2) is 0 Å². The molecule has 3 atom stereocenters. The summed E-state index contributed by atoms with van der Waals surface area (Å²) in [7, 11) is 0. The van der Waals surface area contributed by atoms with Crippen LogP contribution < -0.4 is 5.73 Å². The fourth-order valence-electron chi connectivity index (χ4n) is 9.60. The van der Waals surface area contributed by atoms with E-state index in [1.165, 1.54) is 141 Å². The lowest BCUT2D eigenvalue weighted by Crippen LogP contribution is -2.44. The Balaban J connectivity index is 6.24. The number of hydrogen-bond acceptors (Lipinski definition) is 12. The molecule has 76 heavy (non-hydrogen) atoms. The molecule has 0 fully saturated rings. The minimum atomic E-state index is -0.785. The summed E-state index contributed by atoms with van der Waals surface area (Å²) < 4.78 is 29.6. The maximum atomic E-state index is 13.5. The van der Waals surface area contributed by atoms with Gasteiger partial charge in [0.1, 0.15) is 37.1 Å². The molecule has 0 radical (unpaired) electrons. The second-order valence-electron chi connectivity index (χ2n) is 23.3. The van der Waals surface area contributed by atoms with E-state index >= 15 is 0 Å². The zero-order valence-corrected chi connectivity index (χ0v) is 50.8. The van der Waals surface area contributed by atoms with Crippen LogP contribution in [0.25, 0.3) is 0 Å². The van der Waals surface area contributed by atoms with Crippen molar-refractivity contribution in [3.8, 4) is 0 Å². The molecule has 0 bridgehead atoms. The molecule has 0 aliphatic carbocycles. The van der Waals surface area contributed by atoms with Crippen LogP contribution in [-0.2, 0) is 47.7 Å². The van der Waals surface area contributed by atoms with Crippen LogP contribution in [0.5, 0.6) is 0 Å². The number of esters is 5. The highest BCUT2D eigenvalue weighted by Gasteiger charge is 2.27. The molecule has 448 valence electrons. The van der Waals surface area contributed by atoms with E-state index in [-0.39, 0.29) is 63.0 Å². The fourth-order valence-corrected chi connectivity index (χ4v) is 9.60. The highest BCUT2D eigenvalue weighted by Crippen LogP contribution is 2.18. The molecule has 0 amide bonds. The first-order valence-electron chi connectivity index (χ1n) is 32.1. The average Bonchev–Trinajstić information content (AvgIpc) is 3.38. The summed E-state index contributed by atoms with van der Waals surface area (Å²) in [5, 5.41) is 0. The molecule has 0 aromatic rings. The second-order valence-corrected chi connectivity index (χ2v) is 23.3. The van der Waals surface area contributed by atoms with Gasteiger partial charge < -0.3 is 29.4 Å². The summed E-state index contributed by atoms with van der Waals surface area (Å²) in [4.78, 5) is 68.3. The Hall–Kier alpha value is -2.73. The largest absolute Gasteiger partial charge is 0.462 e. The van der Waals surface area contributed by atoms with Crippen molar-refractivity contribution in [2.75, 3.05) is 32.8 Å². The van der Waals surface area contributed by atoms with E-state index in [0.29, 0.717) is 38.6 Å². The monoisotopic (exact) mass is 1080 g/mol. The van der Waals surface area contributed by atoms with Gasteiger partial charge in [-0.25, -0.2) is 0 Å². The number of hydrogen-bond donors (Lipinski definition) is 1. The van der Waals surface area contributed by atoms with Gasteiger partial charge in [0.05, 0.1) is 0 Å². The van der Waals surface area contributed by atoms with Crippen LogP contribution in [0.1, 0.15) is 325 Å². The number of nitrogens with zero attached hydrogens (tertiary/aromatic N) is 1. The molecule has 0 saturated carbocycles. The van der Waals surface area contributed by atoms with Gasteiger partial charge in [-0.3, -0.25) is 28.9 Å². The molecule has 0 aliphatic rings. The Bertz CT molecular complexity index is 1290. The van der Waals surface area contributed by atoms with Crippen LogP contribution in [0.4, 0.5) is 0 Å². The smallest absolute Gasteiger partial charge is 0.323 e. The Morgan fingerprint density at radius 1 is 0.382 bits per heavy atom. The van der Waals surface area contributed by atoms with Crippen LogP contribution in [-0.4, -0.2) is 91.4 Å². The molecule has 0 heterocycles. The summed E-state index contributed by atoms with van der Waals surface area (Å²) in [6.07, 6.45) is 42.1. The maximum Gasteiger partial charge on any atom is 0.323 e. The summed E-state index contributed by atoms with van der Waals surface area (Å²) in [6.45, 7) is 15.0. The van der Waals surface area contributed by atoms with Crippen molar-refractivity contribution >= 4 is 29.8 Å². The van der Waals surface area contributed by atoms with Gasteiger partial charge in [-0.05, 0) is 65.8 Å². The molecule has 0 spiro atoms. The summed E-state index contributed by atoms with van der Waals surface area (Å²) in [6, 6.07) is -0.785. The topological polar surface area (TPSA) is 161 Å². The Kier molecular flexibility index (Phi) is 51.0. The molecule has 12 nitrogen and oxygen atoms in total. The van der Waals surface area contributed by atoms with E-state index < -0.39 is 29.8 Å². The molecule has 0 rings (SSSR count). The Morgan fingerprint density at radius 2 is 0.658 bits per heavy atom. The zero-order valence-electron chi connectivity index (χ0n) is 50.8. The number of carbonyl (C=O) groups excluding carboxylic acids is 5. The number of unbranched alkanes of at least 4 members (excludes halogenated alkanes) is 33. The van der Waals surface area contributed by atoms with Gasteiger partial charge in [-0.2, -0.15) is 0 Å². The van der Waals surface area contributed by atoms with Gasteiger partial charge in [0.2, 0.25) is 0 Å². The number of ether oxygens (including phenoxy) is 5. The summed E-state index contributed by atoms with van der Waals surface area (Å²) >= 11 is 0.